The van der Waals surface area contributed by atoms with Gasteiger partial charge in [-0.1, -0.05) is 13.5 Å². The van der Waals surface area contributed by atoms with Crippen LogP contribution in [0.5, 0.6) is 0 Å². The zero-order chi connectivity index (χ0) is 6.57. The van der Waals surface area contributed by atoms with E-state index < -0.39 is 0 Å². The molecule has 2 heteroatoms. The second-order valence-corrected chi connectivity index (χ2v) is 1.49. The lowest BCUT2D eigenvalue weighted by Crippen LogP contribution is -1.95. The van der Waals surface area contributed by atoms with Crippen LogP contribution >= 0.6 is 0 Å². The van der Waals surface area contributed by atoms with Crippen molar-refractivity contribution in [3.63, 3.8) is 0 Å². The SMILES string of the molecule is C=C(CC)OC(C)=O. The predicted octanol–water partition coefficient (Wildman–Crippen LogP) is 1.47. The molecule has 0 unspecified atom stereocenters. The van der Waals surface area contributed by atoms with Gasteiger partial charge in [0.15, 0.2) is 0 Å². The first-order chi connectivity index (χ1) is 3.66. The smallest absolute Gasteiger partial charge is 0.307 e. The number of hydrogen-bond donors (Lipinski definition) is 0. The van der Waals surface area contributed by atoms with Crippen LogP contribution in [0.3, 0.4) is 0 Å². The van der Waals surface area contributed by atoms with Gasteiger partial charge in [0.05, 0.1) is 0 Å². The summed E-state index contributed by atoms with van der Waals surface area (Å²) in [6.45, 7) is 6.71. The van der Waals surface area contributed by atoms with E-state index in [1.165, 1.54) is 6.92 Å². The fraction of sp³-hybridized carbons (Fsp3) is 0.500. The maximum absolute atomic E-state index is 10.1. The van der Waals surface area contributed by atoms with Crippen molar-refractivity contribution in [3.05, 3.63) is 12.3 Å². The Labute approximate surface area is 49.1 Å². The number of carbonyl (C=O) groups excluding carboxylic acids is 1. The number of esters is 1. The minimum Gasteiger partial charge on any atom is -0.432 e. The third-order valence-electron chi connectivity index (χ3n) is 0.682. The highest BCUT2D eigenvalue weighted by molar-refractivity contribution is 5.67. The molecule has 8 heavy (non-hydrogen) atoms. The van der Waals surface area contributed by atoms with E-state index >= 15 is 0 Å². The molecule has 0 spiro atoms. The summed E-state index contributed by atoms with van der Waals surface area (Å²) < 4.78 is 4.57. The quantitative estimate of drug-likeness (QED) is 0.401. The van der Waals surface area contributed by atoms with Gasteiger partial charge in [0.25, 0.3) is 0 Å². The van der Waals surface area contributed by atoms with Gasteiger partial charge in [0, 0.05) is 13.3 Å². The zero-order valence-corrected chi connectivity index (χ0v) is 5.23. The number of allylic oxidation sites excluding steroid dienone is 1. The summed E-state index contributed by atoms with van der Waals surface area (Å²) in [5.41, 5.74) is 0. The highest BCUT2D eigenvalue weighted by atomic mass is 16.5. The van der Waals surface area contributed by atoms with Gasteiger partial charge in [-0.05, 0) is 0 Å². The second kappa shape index (κ2) is 3.24. The van der Waals surface area contributed by atoms with E-state index in [0.717, 1.165) is 0 Å². The van der Waals surface area contributed by atoms with Crippen molar-refractivity contribution < 1.29 is 9.53 Å². The van der Waals surface area contributed by atoms with Crippen molar-refractivity contribution in [3.8, 4) is 0 Å². The molecule has 0 aromatic carbocycles. The van der Waals surface area contributed by atoms with E-state index in [9.17, 15) is 4.79 Å². The van der Waals surface area contributed by atoms with Gasteiger partial charge in [-0.15, -0.1) is 0 Å². The van der Waals surface area contributed by atoms with Crippen molar-refractivity contribution in [1.82, 2.24) is 0 Å². The molecule has 0 aliphatic carbocycles. The van der Waals surface area contributed by atoms with E-state index in [-0.39, 0.29) is 5.97 Å². The van der Waals surface area contributed by atoms with Crippen LogP contribution in [-0.2, 0) is 9.53 Å². The van der Waals surface area contributed by atoms with Gasteiger partial charge in [-0.2, -0.15) is 0 Å². The Morgan fingerprint density at radius 2 is 2.25 bits per heavy atom. The lowest BCUT2D eigenvalue weighted by atomic mass is 10.4. The molecule has 0 aromatic heterocycles. The Hall–Kier alpha value is -0.790. The van der Waals surface area contributed by atoms with E-state index in [4.69, 9.17) is 0 Å². The minimum atomic E-state index is -0.295. The molecule has 0 saturated carbocycles. The summed E-state index contributed by atoms with van der Waals surface area (Å²) in [5, 5.41) is 0. The van der Waals surface area contributed by atoms with E-state index in [1.54, 1.807) is 0 Å². The Bertz CT molecular complexity index is 105. The van der Waals surface area contributed by atoms with Gasteiger partial charge >= 0.3 is 5.97 Å². The van der Waals surface area contributed by atoms with E-state index in [0.29, 0.717) is 12.2 Å². The summed E-state index contributed by atoms with van der Waals surface area (Å²) in [6.07, 6.45) is 0.694. The molecule has 0 aliphatic heterocycles. The normalized spacial score (nSPS) is 8.25. The molecule has 0 amide bonds. The van der Waals surface area contributed by atoms with Crippen LogP contribution < -0.4 is 0 Å². The van der Waals surface area contributed by atoms with Crippen molar-refractivity contribution >= 4 is 5.97 Å². The molecule has 0 saturated heterocycles. The van der Waals surface area contributed by atoms with Gasteiger partial charge in [-0.25, -0.2) is 0 Å². The van der Waals surface area contributed by atoms with E-state index in [2.05, 4.69) is 11.3 Å². The first-order valence-electron chi connectivity index (χ1n) is 2.53. The molecule has 0 aromatic rings. The molecule has 46 valence electrons. The molecule has 0 fully saturated rings. The average molecular weight is 114 g/mol. The van der Waals surface area contributed by atoms with Crippen LogP contribution in [0.4, 0.5) is 0 Å². The molecule has 0 atom stereocenters. The molecule has 0 N–H and O–H groups in total. The lowest BCUT2D eigenvalue weighted by molar-refractivity contribution is -0.136. The van der Waals surface area contributed by atoms with Crippen molar-refractivity contribution in [2.45, 2.75) is 20.3 Å². The third-order valence-corrected chi connectivity index (χ3v) is 0.682. The number of ether oxygens (including phenoxy) is 1. The van der Waals surface area contributed by atoms with Gasteiger partial charge in [-0.3, -0.25) is 4.79 Å². The van der Waals surface area contributed by atoms with Crippen LogP contribution in [0.2, 0.25) is 0 Å². The highest BCUT2D eigenvalue weighted by Crippen LogP contribution is 1.97. The van der Waals surface area contributed by atoms with Gasteiger partial charge in [0.2, 0.25) is 0 Å². The van der Waals surface area contributed by atoms with Gasteiger partial charge < -0.3 is 4.74 Å². The number of hydrogen-bond acceptors (Lipinski definition) is 2. The predicted molar refractivity (Wildman–Crippen MR) is 31.2 cm³/mol. The maximum Gasteiger partial charge on any atom is 0.307 e. The summed E-state index contributed by atoms with van der Waals surface area (Å²) in [5.74, 6) is 0.231. The number of carbonyl (C=O) groups is 1. The summed E-state index contributed by atoms with van der Waals surface area (Å²) in [4.78, 5) is 10.1. The summed E-state index contributed by atoms with van der Waals surface area (Å²) in [7, 11) is 0. The zero-order valence-electron chi connectivity index (χ0n) is 5.23. The molecule has 0 bridgehead atoms. The fourth-order valence-electron chi connectivity index (χ4n) is 0.275. The first-order valence-corrected chi connectivity index (χ1v) is 2.53. The van der Waals surface area contributed by atoms with Gasteiger partial charge in [0.1, 0.15) is 5.76 Å². The van der Waals surface area contributed by atoms with Crippen LogP contribution in [0.1, 0.15) is 20.3 Å². The molecular weight excluding hydrogens is 104 g/mol. The molecule has 0 radical (unpaired) electrons. The average Bonchev–Trinajstić information content (AvgIpc) is 1.65. The standard InChI is InChI=1S/C6H10O2/c1-4-5(2)8-6(3)7/h2,4H2,1,3H3. The van der Waals surface area contributed by atoms with Crippen LogP contribution in [0.25, 0.3) is 0 Å². The van der Waals surface area contributed by atoms with E-state index in [1.807, 2.05) is 6.92 Å². The minimum absolute atomic E-state index is 0.295. The Morgan fingerprint density at radius 3 is 2.38 bits per heavy atom. The molecule has 0 heterocycles. The maximum atomic E-state index is 10.1. The third kappa shape index (κ3) is 3.40. The largest absolute Gasteiger partial charge is 0.432 e. The van der Waals surface area contributed by atoms with Crippen LogP contribution in [-0.4, -0.2) is 5.97 Å². The second-order valence-electron chi connectivity index (χ2n) is 1.49. The van der Waals surface area contributed by atoms with Crippen molar-refractivity contribution in [2.75, 3.05) is 0 Å². The monoisotopic (exact) mass is 114 g/mol. The Balaban J connectivity index is 3.40. The Morgan fingerprint density at radius 1 is 1.75 bits per heavy atom. The first kappa shape index (κ1) is 7.21. The van der Waals surface area contributed by atoms with Crippen LogP contribution in [0, 0.1) is 0 Å². The fourth-order valence-corrected chi connectivity index (χ4v) is 0.275. The number of rotatable bonds is 2. The van der Waals surface area contributed by atoms with Crippen molar-refractivity contribution in [1.29, 1.82) is 0 Å². The highest BCUT2D eigenvalue weighted by Gasteiger charge is 1.92. The van der Waals surface area contributed by atoms with Crippen LogP contribution in [0.15, 0.2) is 12.3 Å². The molecule has 0 rings (SSSR count). The Kier molecular flexibility index (Phi) is 2.92. The van der Waals surface area contributed by atoms with Crippen molar-refractivity contribution in [2.24, 2.45) is 0 Å². The topological polar surface area (TPSA) is 26.3 Å². The lowest BCUT2D eigenvalue weighted by Gasteiger charge is -1.98. The summed E-state index contributed by atoms with van der Waals surface area (Å²) in [6, 6.07) is 0. The summed E-state index contributed by atoms with van der Waals surface area (Å²) >= 11 is 0. The molecule has 2 nitrogen and oxygen atoms in total. The molecule has 0 aliphatic rings. The molecular formula is C6H10O2.